The summed E-state index contributed by atoms with van der Waals surface area (Å²) >= 11 is 0. The molecule has 3 aromatic heterocycles. The lowest BCUT2D eigenvalue weighted by atomic mass is 10.1. The third kappa shape index (κ3) is 5.97. The number of anilines is 1. The molecule has 1 aromatic carbocycles. The fraction of sp³-hybridized carbons (Fsp3) is 0.286. The van der Waals surface area contributed by atoms with Gasteiger partial charge in [-0.25, -0.2) is 19.3 Å². The lowest BCUT2D eigenvalue weighted by Crippen LogP contribution is -2.26. The molecule has 0 saturated carbocycles. The lowest BCUT2D eigenvalue weighted by Gasteiger charge is -2.15. The molecular weight excluding hydrogens is 483 g/mol. The summed E-state index contributed by atoms with van der Waals surface area (Å²) in [4.78, 5) is 15.4. The van der Waals surface area contributed by atoms with E-state index >= 15 is 0 Å². The van der Waals surface area contributed by atoms with Crippen molar-refractivity contribution in [1.82, 2.24) is 29.6 Å². The summed E-state index contributed by atoms with van der Waals surface area (Å²) in [5, 5.41) is 13.9. The number of allylic oxidation sites excluding steroid dienone is 1. The van der Waals surface area contributed by atoms with Crippen LogP contribution in [0.15, 0.2) is 67.4 Å². The van der Waals surface area contributed by atoms with Gasteiger partial charge in [0.25, 0.3) is 0 Å². The van der Waals surface area contributed by atoms with Gasteiger partial charge in [-0.2, -0.15) is 0 Å². The molecule has 4 heterocycles. The smallest absolute Gasteiger partial charge is 0.140 e. The van der Waals surface area contributed by atoms with Gasteiger partial charge in [0.05, 0.1) is 17.6 Å². The zero-order chi connectivity index (χ0) is 26.3. The molecule has 3 N–H and O–H groups in total. The first kappa shape index (κ1) is 25.3. The fourth-order valence-corrected chi connectivity index (χ4v) is 4.49. The van der Waals surface area contributed by atoms with Crippen molar-refractivity contribution in [3.05, 3.63) is 78.5 Å². The van der Waals surface area contributed by atoms with Gasteiger partial charge in [-0.3, -0.25) is 9.30 Å². The number of hydrogen-bond donors (Lipinski definition) is 3. The molecule has 1 unspecified atom stereocenters. The summed E-state index contributed by atoms with van der Waals surface area (Å²) in [5.74, 6) is 1.44. The summed E-state index contributed by atoms with van der Waals surface area (Å²) in [5.41, 5.74) is 5.25. The van der Waals surface area contributed by atoms with Gasteiger partial charge in [-0.05, 0) is 23.6 Å². The number of fused-ring (bicyclic) bond motifs is 1. The van der Waals surface area contributed by atoms with Gasteiger partial charge in [0, 0.05) is 69.5 Å². The van der Waals surface area contributed by atoms with Gasteiger partial charge in [-0.15, -0.1) is 0 Å². The molecule has 1 aliphatic heterocycles. The maximum atomic E-state index is 13.3. The van der Waals surface area contributed by atoms with E-state index in [-0.39, 0.29) is 0 Å². The molecule has 1 aliphatic rings. The number of nitrogens with one attached hydrogen (secondary N) is 3. The van der Waals surface area contributed by atoms with Crippen LogP contribution in [0.4, 0.5) is 10.2 Å². The second-order valence-electron chi connectivity index (χ2n) is 9.14. The number of imidazole rings is 1. The topological polar surface area (TPSA) is 103 Å². The molecule has 1 atom stereocenters. The van der Waals surface area contributed by atoms with E-state index in [1.165, 1.54) is 12.5 Å². The van der Waals surface area contributed by atoms with Gasteiger partial charge >= 0.3 is 0 Å². The first-order valence-corrected chi connectivity index (χ1v) is 12.6. The predicted octanol–water partition coefficient (Wildman–Crippen LogP) is 4.04. The molecule has 9 nitrogen and oxygen atoms in total. The highest BCUT2D eigenvalue weighted by atomic mass is 19.1. The largest absolute Gasteiger partial charge is 0.492 e. The SMILES string of the molecule is CN/C=C(\C=N)c1ccc(CNc2cc(-c3cnc4cc(OCCN5CCC(F)C5)ccn34)ncn2)cc1. The average molecular weight is 515 g/mol. The Labute approximate surface area is 220 Å². The quantitative estimate of drug-likeness (QED) is 0.260. The van der Waals surface area contributed by atoms with Gasteiger partial charge in [0.1, 0.15) is 36.3 Å². The lowest BCUT2D eigenvalue weighted by molar-refractivity contribution is 0.224. The van der Waals surface area contributed by atoms with Crippen LogP contribution in [0.2, 0.25) is 0 Å². The Morgan fingerprint density at radius 3 is 2.82 bits per heavy atom. The van der Waals surface area contributed by atoms with Crippen molar-refractivity contribution >= 4 is 23.3 Å². The number of hydrogen-bond acceptors (Lipinski definition) is 8. The zero-order valence-electron chi connectivity index (χ0n) is 21.3. The number of halogens is 1. The van der Waals surface area contributed by atoms with Gasteiger partial charge in [0.2, 0.25) is 0 Å². The molecular formula is C28H31FN8O. The predicted molar refractivity (Wildman–Crippen MR) is 147 cm³/mol. The molecule has 0 aliphatic carbocycles. The molecule has 5 rings (SSSR count). The van der Waals surface area contributed by atoms with Crippen molar-refractivity contribution in [1.29, 1.82) is 5.41 Å². The summed E-state index contributed by atoms with van der Waals surface area (Å²) in [7, 11) is 1.82. The summed E-state index contributed by atoms with van der Waals surface area (Å²) < 4.78 is 21.2. The molecule has 1 fully saturated rings. The van der Waals surface area contributed by atoms with E-state index in [1.54, 1.807) is 12.4 Å². The minimum atomic E-state index is -0.716. The highest BCUT2D eigenvalue weighted by Crippen LogP contribution is 2.23. The summed E-state index contributed by atoms with van der Waals surface area (Å²) in [6, 6.07) is 13.8. The number of likely N-dealkylation sites (tertiary alicyclic amines) is 1. The van der Waals surface area contributed by atoms with Crippen molar-refractivity contribution in [2.24, 2.45) is 0 Å². The molecule has 0 spiro atoms. The Morgan fingerprint density at radius 2 is 2.05 bits per heavy atom. The molecule has 0 bridgehead atoms. The standard InChI is InChI=1S/C28H31FN8O/c1-31-16-22(14-30)21-4-2-20(3-5-21)15-32-27-13-25(34-19-35-27)26-17-33-28-12-24(7-9-37(26)28)38-11-10-36-8-6-23(29)18-36/h2-5,7,9,12-14,16-17,19,23,30-31H,6,8,10-11,15,18H2,1H3,(H,32,34,35)/b22-16+,30-14?. The molecule has 196 valence electrons. The van der Waals surface area contributed by atoms with Gasteiger partial charge < -0.3 is 20.8 Å². The zero-order valence-corrected chi connectivity index (χ0v) is 21.3. The number of pyridine rings is 1. The van der Waals surface area contributed by atoms with Crippen LogP contribution in [0.5, 0.6) is 5.75 Å². The van der Waals surface area contributed by atoms with E-state index in [0.717, 1.165) is 46.0 Å². The Bertz CT molecular complexity index is 1420. The highest BCUT2D eigenvalue weighted by Gasteiger charge is 2.21. The number of aromatic nitrogens is 4. The van der Waals surface area contributed by atoms with Crippen LogP contribution in [0.1, 0.15) is 17.5 Å². The van der Waals surface area contributed by atoms with Crippen LogP contribution in [0.3, 0.4) is 0 Å². The molecule has 0 amide bonds. The Hall–Kier alpha value is -4.31. The second kappa shape index (κ2) is 11.8. The highest BCUT2D eigenvalue weighted by molar-refractivity contribution is 6.08. The maximum absolute atomic E-state index is 13.3. The fourth-order valence-electron chi connectivity index (χ4n) is 4.49. The first-order valence-electron chi connectivity index (χ1n) is 12.6. The van der Waals surface area contributed by atoms with Gasteiger partial charge in [-0.1, -0.05) is 24.3 Å². The van der Waals surface area contributed by atoms with Crippen LogP contribution in [0, 0.1) is 5.41 Å². The monoisotopic (exact) mass is 514 g/mol. The van der Waals surface area contributed by atoms with Crippen molar-refractivity contribution in [3.8, 4) is 17.1 Å². The van der Waals surface area contributed by atoms with Crippen molar-refractivity contribution in [2.75, 3.05) is 38.6 Å². The van der Waals surface area contributed by atoms with Crippen LogP contribution in [-0.4, -0.2) is 69.9 Å². The molecule has 38 heavy (non-hydrogen) atoms. The second-order valence-corrected chi connectivity index (χ2v) is 9.14. The summed E-state index contributed by atoms with van der Waals surface area (Å²) in [6.07, 6.45) is 8.27. The summed E-state index contributed by atoms with van der Waals surface area (Å²) in [6.45, 7) is 3.11. The minimum absolute atomic E-state index is 0.495. The number of ether oxygens (including phenoxy) is 1. The van der Waals surface area contributed by atoms with E-state index in [4.69, 9.17) is 10.1 Å². The van der Waals surface area contributed by atoms with Gasteiger partial charge in [0.15, 0.2) is 0 Å². The number of alkyl halides is 1. The third-order valence-corrected chi connectivity index (χ3v) is 6.52. The van der Waals surface area contributed by atoms with Crippen molar-refractivity contribution in [3.63, 3.8) is 0 Å². The molecule has 0 radical (unpaired) electrons. The third-order valence-electron chi connectivity index (χ3n) is 6.52. The maximum Gasteiger partial charge on any atom is 0.140 e. The van der Waals surface area contributed by atoms with Crippen LogP contribution in [0.25, 0.3) is 22.6 Å². The van der Waals surface area contributed by atoms with Crippen molar-refractivity contribution < 1.29 is 9.13 Å². The number of rotatable bonds is 11. The minimum Gasteiger partial charge on any atom is -0.492 e. The molecule has 10 heteroatoms. The number of benzene rings is 1. The van der Waals surface area contributed by atoms with Crippen LogP contribution < -0.4 is 15.4 Å². The average Bonchev–Trinajstić information content (AvgIpc) is 3.56. The Morgan fingerprint density at radius 1 is 1.18 bits per heavy atom. The van der Waals surface area contributed by atoms with E-state index in [9.17, 15) is 4.39 Å². The normalized spacial score (nSPS) is 16.1. The van der Waals surface area contributed by atoms with E-state index in [2.05, 4.69) is 30.5 Å². The van der Waals surface area contributed by atoms with E-state index < -0.39 is 6.17 Å². The molecule has 1 saturated heterocycles. The number of nitrogens with zero attached hydrogens (tertiary/aromatic N) is 5. The van der Waals surface area contributed by atoms with E-state index in [1.807, 2.05) is 60.1 Å². The van der Waals surface area contributed by atoms with E-state index in [0.29, 0.717) is 38.5 Å². The Kier molecular flexibility index (Phi) is 7.89. The van der Waals surface area contributed by atoms with Crippen LogP contribution in [-0.2, 0) is 6.54 Å². The van der Waals surface area contributed by atoms with Crippen molar-refractivity contribution in [2.45, 2.75) is 19.1 Å². The first-order chi connectivity index (χ1) is 18.6. The Balaban J connectivity index is 1.22. The van der Waals surface area contributed by atoms with Crippen LogP contribution >= 0.6 is 0 Å². The molecule has 4 aromatic rings.